The van der Waals surface area contributed by atoms with Crippen LogP contribution in [0.2, 0.25) is 0 Å². The third-order valence-corrected chi connectivity index (χ3v) is 4.96. The molecule has 0 bridgehead atoms. The number of carbonyl (C=O) groups is 2. The van der Waals surface area contributed by atoms with Gasteiger partial charge in [-0.1, -0.05) is 0 Å². The Morgan fingerprint density at radius 3 is 2.42 bits per heavy atom. The minimum Gasteiger partial charge on any atom is -0.362 e. The Hall–Kier alpha value is -2.03. The molecule has 3 rings (SSSR count). The van der Waals surface area contributed by atoms with E-state index in [1.165, 1.54) is 17.2 Å². The van der Waals surface area contributed by atoms with Gasteiger partial charge in [-0.2, -0.15) is 0 Å². The van der Waals surface area contributed by atoms with E-state index in [0.717, 1.165) is 12.8 Å². The molecule has 0 radical (unpaired) electrons. The van der Waals surface area contributed by atoms with Crippen LogP contribution in [-0.4, -0.2) is 38.7 Å². The molecule has 1 saturated carbocycles. The van der Waals surface area contributed by atoms with Gasteiger partial charge in [0, 0.05) is 41.7 Å². The fraction of sp³-hybridized carbons (Fsp3) is 0.533. The monoisotopic (exact) mass is 396 g/mol. The van der Waals surface area contributed by atoms with Crippen LogP contribution < -0.4 is 5.32 Å². The van der Waals surface area contributed by atoms with E-state index in [2.05, 4.69) is 26.2 Å². The maximum atomic E-state index is 11.8. The number of nitrogens with zero attached hydrogens (tertiary/aromatic N) is 3. The Balaban J connectivity index is 1.63. The van der Waals surface area contributed by atoms with Gasteiger partial charge in [-0.3, -0.25) is 24.6 Å². The van der Waals surface area contributed by atoms with Crippen molar-refractivity contribution in [3.8, 4) is 0 Å². The van der Waals surface area contributed by atoms with Crippen molar-refractivity contribution in [3.05, 3.63) is 26.9 Å². The van der Waals surface area contributed by atoms with Gasteiger partial charge in [-0.05, 0) is 41.6 Å². The summed E-state index contributed by atoms with van der Waals surface area (Å²) >= 11 is 3.18. The number of rotatable bonds is 4. The molecule has 2 heterocycles. The zero-order valence-electron chi connectivity index (χ0n) is 12.9. The summed E-state index contributed by atoms with van der Waals surface area (Å²) in [5.41, 5.74) is -0.0728. The lowest BCUT2D eigenvalue weighted by Crippen LogP contribution is -2.43. The SMILES string of the molecule is O=C1CCC(=O)N1C1CCC(Nc2ncc(Br)cc2[N+](=O)[O-])CC1. The summed E-state index contributed by atoms with van der Waals surface area (Å²) < 4.78 is 0.550. The Morgan fingerprint density at radius 1 is 1.21 bits per heavy atom. The number of hydrogen-bond acceptors (Lipinski definition) is 6. The van der Waals surface area contributed by atoms with Gasteiger partial charge in [0.1, 0.15) is 0 Å². The molecule has 2 fully saturated rings. The molecule has 24 heavy (non-hydrogen) atoms. The number of likely N-dealkylation sites (tertiary alicyclic amines) is 1. The largest absolute Gasteiger partial charge is 0.362 e. The Bertz CT molecular complexity index is 672. The normalized spacial score (nSPS) is 24.3. The zero-order valence-corrected chi connectivity index (χ0v) is 14.5. The molecular formula is C15H17BrN4O4. The fourth-order valence-electron chi connectivity index (χ4n) is 3.35. The molecule has 128 valence electrons. The van der Waals surface area contributed by atoms with Crippen LogP contribution in [0.15, 0.2) is 16.7 Å². The van der Waals surface area contributed by atoms with E-state index < -0.39 is 4.92 Å². The number of nitro groups is 1. The van der Waals surface area contributed by atoms with Gasteiger partial charge in [-0.25, -0.2) is 4.98 Å². The van der Waals surface area contributed by atoms with Crippen LogP contribution in [-0.2, 0) is 9.59 Å². The van der Waals surface area contributed by atoms with E-state index in [-0.39, 0.29) is 35.4 Å². The maximum absolute atomic E-state index is 11.8. The van der Waals surface area contributed by atoms with E-state index in [0.29, 0.717) is 30.2 Å². The second-order valence-electron chi connectivity index (χ2n) is 6.09. The maximum Gasteiger partial charge on any atom is 0.312 e. The molecule has 1 aliphatic heterocycles. The third-order valence-electron chi connectivity index (χ3n) is 4.52. The molecule has 9 heteroatoms. The van der Waals surface area contributed by atoms with Crippen LogP contribution in [0.1, 0.15) is 38.5 Å². The summed E-state index contributed by atoms with van der Waals surface area (Å²) in [6.45, 7) is 0. The number of halogens is 1. The third kappa shape index (κ3) is 3.40. The van der Waals surface area contributed by atoms with E-state index in [1.807, 2.05) is 0 Å². The zero-order chi connectivity index (χ0) is 17.3. The average molecular weight is 397 g/mol. The second kappa shape index (κ2) is 6.84. The molecule has 1 aromatic rings. The highest BCUT2D eigenvalue weighted by Gasteiger charge is 2.37. The Morgan fingerprint density at radius 2 is 1.83 bits per heavy atom. The predicted molar refractivity (Wildman–Crippen MR) is 89.3 cm³/mol. The summed E-state index contributed by atoms with van der Waals surface area (Å²) in [6.07, 6.45) is 5.02. The molecule has 0 unspecified atom stereocenters. The van der Waals surface area contributed by atoms with Gasteiger partial charge in [0.25, 0.3) is 0 Å². The molecular weight excluding hydrogens is 380 g/mol. The van der Waals surface area contributed by atoms with Crippen LogP contribution in [0.5, 0.6) is 0 Å². The van der Waals surface area contributed by atoms with Gasteiger partial charge >= 0.3 is 5.69 Å². The lowest BCUT2D eigenvalue weighted by molar-refractivity contribution is -0.384. The highest BCUT2D eigenvalue weighted by Crippen LogP contribution is 2.31. The summed E-state index contributed by atoms with van der Waals surface area (Å²) in [6, 6.07) is 1.42. The highest BCUT2D eigenvalue weighted by atomic mass is 79.9. The van der Waals surface area contributed by atoms with Crippen LogP contribution in [0, 0.1) is 10.1 Å². The second-order valence-corrected chi connectivity index (χ2v) is 7.00. The molecule has 1 N–H and O–H groups in total. The van der Waals surface area contributed by atoms with E-state index in [4.69, 9.17) is 0 Å². The quantitative estimate of drug-likeness (QED) is 0.476. The van der Waals surface area contributed by atoms with Crippen molar-refractivity contribution in [2.45, 2.75) is 50.6 Å². The average Bonchev–Trinajstić information content (AvgIpc) is 2.89. The van der Waals surface area contributed by atoms with E-state index in [1.54, 1.807) is 0 Å². The van der Waals surface area contributed by atoms with Crippen LogP contribution >= 0.6 is 15.9 Å². The lowest BCUT2D eigenvalue weighted by Gasteiger charge is -2.33. The number of hydrogen-bond donors (Lipinski definition) is 1. The van der Waals surface area contributed by atoms with Gasteiger partial charge in [-0.15, -0.1) is 0 Å². The highest BCUT2D eigenvalue weighted by molar-refractivity contribution is 9.10. The molecule has 8 nitrogen and oxygen atoms in total. The van der Waals surface area contributed by atoms with Crippen LogP contribution in [0.4, 0.5) is 11.5 Å². The molecule has 0 atom stereocenters. The Labute approximate surface area is 146 Å². The Kier molecular flexibility index (Phi) is 4.79. The van der Waals surface area contributed by atoms with Crippen molar-refractivity contribution < 1.29 is 14.5 Å². The first-order valence-corrected chi connectivity index (χ1v) is 8.66. The first-order valence-electron chi connectivity index (χ1n) is 7.87. The number of carbonyl (C=O) groups excluding carboxylic acids is 2. The van der Waals surface area contributed by atoms with Crippen molar-refractivity contribution in [1.29, 1.82) is 0 Å². The predicted octanol–water partition coefficient (Wildman–Crippen LogP) is 2.62. The van der Waals surface area contributed by atoms with Gasteiger partial charge < -0.3 is 5.32 Å². The number of pyridine rings is 1. The smallest absolute Gasteiger partial charge is 0.312 e. The van der Waals surface area contributed by atoms with E-state index in [9.17, 15) is 19.7 Å². The number of amides is 2. The number of nitrogens with one attached hydrogen (secondary N) is 1. The first kappa shape index (κ1) is 16.8. The number of imide groups is 1. The molecule has 0 aromatic carbocycles. The fourth-order valence-corrected chi connectivity index (χ4v) is 3.67. The summed E-state index contributed by atoms with van der Waals surface area (Å²) in [7, 11) is 0. The lowest BCUT2D eigenvalue weighted by atomic mass is 9.90. The molecule has 1 aliphatic carbocycles. The molecule has 2 amide bonds. The van der Waals surface area contributed by atoms with Crippen LogP contribution in [0.25, 0.3) is 0 Å². The van der Waals surface area contributed by atoms with Gasteiger partial charge in [0.2, 0.25) is 17.6 Å². The minimum atomic E-state index is -0.465. The van der Waals surface area contributed by atoms with Crippen molar-refractivity contribution in [2.24, 2.45) is 0 Å². The van der Waals surface area contributed by atoms with Crippen molar-refractivity contribution in [2.75, 3.05) is 5.32 Å². The molecule has 2 aliphatic rings. The summed E-state index contributed by atoms with van der Waals surface area (Å²) in [4.78, 5) is 39.8. The topological polar surface area (TPSA) is 105 Å². The summed E-state index contributed by atoms with van der Waals surface area (Å²) in [5, 5.41) is 14.3. The van der Waals surface area contributed by atoms with Crippen LogP contribution in [0.3, 0.4) is 0 Å². The van der Waals surface area contributed by atoms with Gasteiger partial charge in [0.05, 0.1) is 4.92 Å². The first-order chi connectivity index (χ1) is 11.5. The number of anilines is 1. The minimum absolute atomic E-state index is 0.0430. The van der Waals surface area contributed by atoms with Crippen molar-refractivity contribution in [3.63, 3.8) is 0 Å². The standard InChI is InChI=1S/C15H17BrN4O4/c16-9-7-12(20(23)24)15(17-8-9)18-10-1-3-11(4-2-10)19-13(21)5-6-14(19)22/h7-8,10-11H,1-6H2,(H,17,18). The number of aromatic nitrogens is 1. The molecule has 1 aromatic heterocycles. The van der Waals surface area contributed by atoms with Crippen molar-refractivity contribution in [1.82, 2.24) is 9.88 Å². The molecule has 0 spiro atoms. The molecule has 1 saturated heterocycles. The van der Waals surface area contributed by atoms with Crippen molar-refractivity contribution >= 4 is 39.2 Å². The van der Waals surface area contributed by atoms with E-state index >= 15 is 0 Å². The summed E-state index contributed by atoms with van der Waals surface area (Å²) in [5.74, 6) is 0.0863. The van der Waals surface area contributed by atoms with Gasteiger partial charge in [0.15, 0.2) is 0 Å².